The predicted molar refractivity (Wildman–Crippen MR) is 268 cm³/mol. The summed E-state index contributed by atoms with van der Waals surface area (Å²) in [5.74, 6) is -0.319. The second-order valence-electron chi connectivity index (χ2n) is 19.2. The summed E-state index contributed by atoms with van der Waals surface area (Å²) in [5, 5.41) is 33.4. The molecule has 0 spiro atoms. The molecule has 0 aliphatic rings. The molecule has 0 aliphatic heterocycles. The van der Waals surface area contributed by atoms with Crippen LogP contribution >= 0.6 is 0 Å². The number of allylic oxidation sites excluding steroid dienone is 3. The van der Waals surface area contributed by atoms with E-state index in [0.29, 0.717) is 6.42 Å². The van der Waals surface area contributed by atoms with E-state index in [9.17, 15) is 20.1 Å². The molecule has 0 radical (unpaired) electrons. The van der Waals surface area contributed by atoms with Gasteiger partial charge in [-0.25, -0.2) is 0 Å². The number of carbonyl (C=O) groups excluding carboxylic acids is 1. The van der Waals surface area contributed by atoms with Crippen LogP contribution < -0.4 is 5.32 Å². The lowest BCUT2D eigenvalue weighted by Gasteiger charge is -2.21. The van der Waals surface area contributed by atoms with Crippen molar-refractivity contribution in [2.45, 2.75) is 321 Å². The van der Waals surface area contributed by atoms with Crippen LogP contribution in [0.5, 0.6) is 0 Å². The zero-order valence-electron chi connectivity index (χ0n) is 41.3. The van der Waals surface area contributed by atoms with Gasteiger partial charge in [0, 0.05) is 0 Å². The Labute approximate surface area is 382 Å². The van der Waals surface area contributed by atoms with E-state index in [1.165, 1.54) is 244 Å². The Hall–Kier alpha value is -1.17. The van der Waals surface area contributed by atoms with Crippen LogP contribution in [-0.2, 0) is 4.79 Å². The van der Waals surface area contributed by atoms with Gasteiger partial charge in [-0.05, 0) is 32.1 Å². The third-order valence-corrected chi connectivity index (χ3v) is 13.0. The molecular formula is C56H109NO4. The highest BCUT2D eigenvalue weighted by atomic mass is 16.3. The van der Waals surface area contributed by atoms with Gasteiger partial charge in [-0.1, -0.05) is 289 Å². The molecule has 0 aromatic heterocycles. The molecule has 0 saturated carbocycles. The van der Waals surface area contributed by atoms with Gasteiger partial charge in [0.25, 0.3) is 0 Å². The van der Waals surface area contributed by atoms with E-state index in [1.54, 1.807) is 6.08 Å². The lowest BCUT2D eigenvalue weighted by Crippen LogP contribution is -2.45. The van der Waals surface area contributed by atoms with Crippen LogP contribution in [0.2, 0.25) is 0 Å². The van der Waals surface area contributed by atoms with Gasteiger partial charge in [-0.3, -0.25) is 4.79 Å². The number of hydrogen-bond donors (Lipinski definition) is 4. The minimum absolute atomic E-state index is 0.0103. The van der Waals surface area contributed by atoms with Crippen molar-refractivity contribution < 1.29 is 20.1 Å². The fourth-order valence-corrected chi connectivity index (χ4v) is 8.77. The predicted octanol–water partition coefficient (Wildman–Crippen LogP) is 16.9. The van der Waals surface area contributed by atoms with Crippen LogP contribution in [0.25, 0.3) is 0 Å². The number of aliphatic hydroxyl groups excluding tert-OH is 3. The minimum Gasteiger partial charge on any atom is -0.394 e. The van der Waals surface area contributed by atoms with Crippen molar-refractivity contribution in [1.82, 2.24) is 5.32 Å². The third kappa shape index (κ3) is 48.1. The monoisotopic (exact) mass is 860 g/mol. The first-order valence-electron chi connectivity index (χ1n) is 27.6. The molecule has 3 unspecified atom stereocenters. The average molecular weight is 860 g/mol. The van der Waals surface area contributed by atoms with Crippen LogP contribution in [0.15, 0.2) is 24.3 Å². The summed E-state index contributed by atoms with van der Waals surface area (Å²) in [4.78, 5) is 12.5. The first-order valence-corrected chi connectivity index (χ1v) is 27.6. The topological polar surface area (TPSA) is 89.8 Å². The van der Waals surface area contributed by atoms with Gasteiger partial charge < -0.3 is 20.6 Å². The van der Waals surface area contributed by atoms with Crippen LogP contribution in [0.3, 0.4) is 0 Å². The smallest absolute Gasteiger partial charge is 0.222 e. The standard InChI is InChI=1S/C56H109NO4/c1-3-5-7-9-11-13-15-17-19-21-23-25-26-27-28-30-32-34-36-38-40-42-44-46-48-50-55(60)54(52-58)57-56(61)51-53(59)49-47-45-43-41-39-37-35-33-31-29-24-22-20-18-16-14-12-10-8-6-4-2/h40,42,48,50,53-55,58-60H,3-39,41,43-47,49,51-52H2,1-2H3,(H,57,61)/b42-40+,50-48+. The van der Waals surface area contributed by atoms with Crippen LogP contribution in [-0.4, -0.2) is 46.1 Å². The maximum atomic E-state index is 12.5. The minimum atomic E-state index is -0.950. The Balaban J connectivity index is 3.59. The highest BCUT2D eigenvalue weighted by molar-refractivity contribution is 5.76. The molecule has 4 N–H and O–H groups in total. The molecule has 0 heterocycles. The molecular weight excluding hydrogens is 751 g/mol. The summed E-state index contributed by atoms with van der Waals surface area (Å²) in [6.07, 6.45) is 65.1. The number of unbranched alkanes of at least 4 members (excludes halogenated alkanes) is 40. The maximum Gasteiger partial charge on any atom is 0.222 e. The normalized spacial score (nSPS) is 13.5. The van der Waals surface area contributed by atoms with Crippen molar-refractivity contribution in [2.24, 2.45) is 0 Å². The number of carbonyl (C=O) groups is 1. The van der Waals surface area contributed by atoms with E-state index >= 15 is 0 Å². The summed E-state index contributed by atoms with van der Waals surface area (Å²) in [5.41, 5.74) is 0. The zero-order valence-corrected chi connectivity index (χ0v) is 41.3. The Morgan fingerprint density at radius 3 is 1.05 bits per heavy atom. The number of amides is 1. The highest BCUT2D eigenvalue weighted by Crippen LogP contribution is 2.18. The fourth-order valence-electron chi connectivity index (χ4n) is 8.77. The molecule has 5 nitrogen and oxygen atoms in total. The lowest BCUT2D eigenvalue weighted by atomic mass is 10.0. The van der Waals surface area contributed by atoms with E-state index in [-0.39, 0.29) is 18.9 Å². The van der Waals surface area contributed by atoms with Crippen molar-refractivity contribution in [1.29, 1.82) is 0 Å². The van der Waals surface area contributed by atoms with Crippen molar-refractivity contribution in [2.75, 3.05) is 6.61 Å². The first-order chi connectivity index (χ1) is 30.0. The largest absolute Gasteiger partial charge is 0.394 e. The molecule has 0 bridgehead atoms. The molecule has 0 aliphatic carbocycles. The Morgan fingerprint density at radius 1 is 0.410 bits per heavy atom. The molecule has 5 heteroatoms. The second kappa shape index (κ2) is 51.5. The van der Waals surface area contributed by atoms with Gasteiger partial charge >= 0.3 is 0 Å². The Bertz CT molecular complexity index is 905. The number of rotatable bonds is 51. The molecule has 362 valence electrons. The average Bonchev–Trinajstić information content (AvgIpc) is 3.25. The number of hydrogen-bond acceptors (Lipinski definition) is 4. The van der Waals surface area contributed by atoms with Crippen molar-refractivity contribution in [3.05, 3.63) is 24.3 Å². The van der Waals surface area contributed by atoms with Crippen molar-refractivity contribution in [3.8, 4) is 0 Å². The van der Waals surface area contributed by atoms with E-state index in [1.807, 2.05) is 6.08 Å². The molecule has 0 saturated heterocycles. The van der Waals surface area contributed by atoms with Crippen molar-refractivity contribution >= 4 is 5.91 Å². The Kier molecular flexibility index (Phi) is 50.5. The molecule has 61 heavy (non-hydrogen) atoms. The molecule has 0 fully saturated rings. The maximum absolute atomic E-state index is 12.5. The summed E-state index contributed by atoms with van der Waals surface area (Å²) in [6.45, 7) is 4.24. The lowest BCUT2D eigenvalue weighted by molar-refractivity contribution is -0.124. The van der Waals surface area contributed by atoms with Crippen molar-refractivity contribution in [3.63, 3.8) is 0 Å². The van der Waals surface area contributed by atoms with Gasteiger partial charge in [0.05, 0.1) is 31.3 Å². The van der Waals surface area contributed by atoms with Gasteiger partial charge in [-0.15, -0.1) is 0 Å². The van der Waals surface area contributed by atoms with Gasteiger partial charge in [0.2, 0.25) is 5.91 Å². The highest BCUT2D eigenvalue weighted by Gasteiger charge is 2.20. The Morgan fingerprint density at radius 2 is 0.705 bits per heavy atom. The van der Waals surface area contributed by atoms with E-state index in [4.69, 9.17) is 0 Å². The van der Waals surface area contributed by atoms with Gasteiger partial charge in [0.1, 0.15) is 0 Å². The summed E-state index contributed by atoms with van der Waals surface area (Å²) >= 11 is 0. The SMILES string of the molecule is CCCCCCCCCCCCCCCCCCCCC/C=C/CC/C=C/C(O)C(CO)NC(=O)CC(O)CCCCCCCCCCCCCCCCCCCCCCC. The van der Waals surface area contributed by atoms with Crippen LogP contribution in [0.1, 0.15) is 303 Å². The summed E-state index contributed by atoms with van der Waals surface area (Å²) in [6, 6.07) is -0.759. The van der Waals surface area contributed by atoms with Gasteiger partial charge in [0.15, 0.2) is 0 Å². The molecule has 0 rings (SSSR count). The van der Waals surface area contributed by atoms with E-state index in [0.717, 1.165) is 32.1 Å². The fraction of sp³-hybridized carbons (Fsp3) is 0.911. The zero-order chi connectivity index (χ0) is 44.4. The van der Waals surface area contributed by atoms with Crippen LogP contribution in [0.4, 0.5) is 0 Å². The summed E-state index contributed by atoms with van der Waals surface area (Å²) < 4.78 is 0. The first kappa shape index (κ1) is 59.8. The molecule has 3 atom stereocenters. The number of aliphatic hydroxyl groups is 3. The molecule has 0 aromatic rings. The molecule has 1 amide bonds. The quantitative estimate of drug-likeness (QED) is 0.0362. The summed E-state index contributed by atoms with van der Waals surface area (Å²) in [7, 11) is 0. The van der Waals surface area contributed by atoms with Gasteiger partial charge in [-0.2, -0.15) is 0 Å². The van der Waals surface area contributed by atoms with E-state index < -0.39 is 18.2 Å². The second-order valence-corrected chi connectivity index (χ2v) is 19.2. The van der Waals surface area contributed by atoms with E-state index in [2.05, 4.69) is 31.3 Å². The number of nitrogens with one attached hydrogen (secondary N) is 1. The van der Waals surface area contributed by atoms with Crippen LogP contribution in [0, 0.1) is 0 Å². The third-order valence-electron chi connectivity index (χ3n) is 13.0. The molecule has 0 aromatic carbocycles.